The van der Waals surface area contributed by atoms with Crippen molar-refractivity contribution in [2.45, 2.75) is 45.3 Å². The second-order valence-corrected chi connectivity index (χ2v) is 8.18. The summed E-state index contributed by atoms with van der Waals surface area (Å²) in [6.45, 7) is 3.84. The standard InChI is InChI=1S/C22H23N5O.C2HF3O2/c1-14-21(18-9-10-23-11-16(18)13-24-14)22-26-20(28-27-22)8-4-5-15-12-25-19-7-3-2-6-17(15)19;3-2(4,5)1(6)7/h2-3,6-7,12-13,23,25H,4-5,8-11H2,1H3;(H,6,7). The second-order valence-electron chi connectivity index (χ2n) is 8.18. The molecule has 0 aliphatic carbocycles. The van der Waals surface area contributed by atoms with Gasteiger partial charge in [-0.25, -0.2) is 4.79 Å². The lowest BCUT2D eigenvalue weighted by Crippen LogP contribution is -2.24. The number of alkyl halides is 3. The third-order valence-corrected chi connectivity index (χ3v) is 5.78. The predicted octanol–water partition coefficient (Wildman–Crippen LogP) is 4.38. The number of H-pyrrole nitrogens is 1. The number of aromatic nitrogens is 4. The minimum absolute atomic E-state index is 0.672. The molecule has 0 saturated carbocycles. The number of halogens is 3. The molecule has 184 valence electrons. The summed E-state index contributed by atoms with van der Waals surface area (Å²) in [5, 5.41) is 16.1. The van der Waals surface area contributed by atoms with E-state index in [2.05, 4.69) is 55.9 Å². The molecule has 0 saturated heterocycles. The Hall–Kier alpha value is -3.73. The lowest BCUT2D eigenvalue weighted by atomic mass is 9.95. The first-order valence-corrected chi connectivity index (χ1v) is 11.1. The van der Waals surface area contributed by atoms with Crippen molar-refractivity contribution < 1.29 is 27.6 Å². The number of aryl methyl sites for hydroxylation is 3. The lowest BCUT2D eigenvalue weighted by Gasteiger charge is -2.19. The molecule has 0 spiro atoms. The van der Waals surface area contributed by atoms with Crippen molar-refractivity contribution in [1.29, 1.82) is 0 Å². The number of fused-ring (bicyclic) bond motifs is 2. The Morgan fingerprint density at radius 1 is 1.23 bits per heavy atom. The molecule has 0 fully saturated rings. The van der Waals surface area contributed by atoms with Gasteiger partial charge < -0.3 is 19.9 Å². The summed E-state index contributed by atoms with van der Waals surface area (Å²) in [4.78, 5) is 21.5. The molecule has 35 heavy (non-hydrogen) atoms. The maximum Gasteiger partial charge on any atom is 0.490 e. The maximum atomic E-state index is 10.6. The van der Waals surface area contributed by atoms with Gasteiger partial charge >= 0.3 is 12.1 Å². The molecule has 0 unspecified atom stereocenters. The number of nitrogens with zero attached hydrogens (tertiary/aromatic N) is 3. The molecular weight excluding hydrogens is 463 g/mol. The maximum absolute atomic E-state index is 10.6. The monoisotopic (exact) mass is 487 g/mol. The number of nitrogens with one attached hydrogen (secondary N) is 2. The largest absolute Gasteiger partial charge is 0.490 e. The van der Waals surface area contributed by atoms with Crippen LogP contribution in [0.1, 0.15) is 34.7 Å². The van der Waals surface area contributed by atoms with Crippen molar-refractivity contribution in [3.8, 4) is 11.4 Å². The van der Waals surface area contributed by atoms with E-state index in [0.29, 0.717) is 11.7 Å². The van der Waals surface area contributed by atoms with Crippen LogP contribution in [-0.2, 0) is 30.6 Å². The van der Waals surface area contributed by atoms with Crippen LogP contribution in [0, 0.1) is 6.92 Å². The first kappa shape index (κ1) is 24.4. The summed E-state index contributed by atoms with van der Waals surface area (Å²) in [6, 6.07) is 8.40. The smallest absolute Gasteiger partial charge is 0.475 e. The van der Waals surface area contributed by atoms with Gasteiger partial charge in [0.15, 0.2) is 0 Å². The Morgan fingerprint density at radius 3 is 2.77 bits per heavy atom. The van der Waals surface area contributed by atoms with Gasteiger partial charge in [-0.3, -0.25) is 4.98 Å². The number of hydrogen-bond acceptors (Lipinski definition) is 6. The molecular formula is C24H24F3N5O3. The Balaban J connectivity index is 0.000000364. The van der Waals surface area contributed by atoms with Crippen LogP contribution in [0.2, 0.25) is 0 Å². The summed E-state index contributed by atoms with van der Waals surface area (Å²) >= 11 is 0. The van der Waals surface area contributed by atoms with Gasteiger partial charge in [-0.2, -0.15) is 18.2 Å². The highest BCUT2D eigenvalue weighted by molar-refractivity contribution is 5.83. The molecule has 8 nitrogen and oxygen atoms in total. The van der Waals surface area contributed by atoms with Crippen LogP contribution in [0.15, 0.2) is 41.2 Å². The van der Waals surface area contributed by atoms with E-state index >= 15 is 0 Å². The molecule has 3 N–H and O–H groups in total. The molecule has 5 rings (SSSR count). The molecule has 3 aromatic heterocycles. The topological polar surface area (TPSA) is 117 Å². The van der Waals surface area contributed by atoms with Gasteiger partial charge in [-0.05, 0) is 55.5 Å². The van der Waals surface area contributed by atoms with Gasteiger partial charge in [-0.1, -0.05) is 23.4 Å². The van der Waals surface area contributed by atoms with E-state index in [-0.39, 0.29) is 0 Å². The van der Waals surface area contributed by atoms with Crippen molar-refractivity contribution in [3.63, 3.8) is 0 Å². The number of para-hydroxylation sites is 1. The SMILES string of the molecule is Cc1ncc2c(c1-c1noc(CCCc3c[nH]c4ccccc34)n1)CCNC2.O=C(O)C(F)(F)F. The Kier molecular flexibility index (Phi) is 7.15. The van der Waals surface area contributed by atoms with Gasteiger partial charge in [0.05, 0.1) is 0 Å². The average molecular weight is 487 g/mol. The van der Waals surface area contributed by atoms with Gasteiger partial charge in [0, 0.05) is 47.5 Å². The number of benzene rings is 1. The molecule has 4 aromatic rings. The number of carboxylic acid groups (broad SMARTS) is 1. The minimum Gasteiger partial charge on any atom is -0.475 e. The fourth-order valence-electron chi connectivity index (χ4n) is 4.09. The lowest BCUT2D eigenvalue weighted by molar-refractivity contribution is -0.192. The van der Waals surface area contributed by atoms with Crippen molar-refractivity contribution in [2.24, 2.45) is 0 Å². The number of rotatable bonds is 5. The second kappa shape index (κ2) is 10.3. The third-order valence-electron chi connectivity index (χ3n) is 5.78. The van der Waals surface area contributed by atoms with Crippen molar-refractivity contribution in [2.75, 3.05) is 6.54 Å². The first-order valence-electron chi connectivity index (χ1n) is 11.1. The number of pyridine rings is 1. The number of carbonyl (C=O) groups is 1. The van der Waals surface area contributed by atoms with Crippen molar-refractivity contribution >= 4 is 16.9 Å². The quantitative estimate of drug-likeness (QED) is 0.383. The number of hydrogen-bond donors (Lipinski definition) is 3. The number of aromatic amines is 1. The third kappa shape index (κ3) is 5.68. The first-order chi connectivity index (χ1) is 16.7. The summed E-state index contributed by atoms with van der Waals surface area (Å²) in [5.74, 6) is -1.39. The van der Waals surface area contributed by atoms with E-state index in [1.54, 1.807) is 0 Å². The molecule has 0 amide bonds. The van der Waals surface area contributed by atoms with Gasteiger partial charge in [0.25, 0.3) is 0 Å². The predicted molar refractivity (Wildman–Crippen MR) is 122 cm³/mol. The zero-order valence-corrected chi connectivity index (χ0v) is 18.9. The van der Waals surface area contributed by atoms with Crippen molar-refractivity contribution in [1.82, 2.24) is 25.4 Å². The van der Waals surface area contributed by atoms with E-state index < -0.39 is 12.1 Å². The van der Waals surface area contributed by atoms with E-state index in [4.69, 9.17) is 14.4 Å². The number of carboxylic acids is 1. The highest BCUT2D eigenvalue weighted by Crippen LogP contribution is 2.29. The Morgan fingerprint density at radius 2 is 2.00 bits per heavy atom. The van der Waals surface area contributed by atoms with Crippen LogP contribution in [0.25, 0.3) is 22.3 Å². The Labute approximate surface area is 198 Å². The molecule has 0 radical (unpaired) electrons. The minimum atomic E-state index is -5.08. The van der Waals surface area contributed by atoms with E-state index in [0.717, 1.165) is 50.0 Å². The molecule has 4 heterocycles. The fraction of sp³-hybridized carbons (Fsp3) is 0.333. The molecule has 1 aliphatic rings. The van der Waals surface area contributed by atoms with Crippen LogP contribution >= 0.6 is 0 Å². The molecule has 0 atom stereocenters. The summed E-state index contributed by atoms with van der Waals surface area (Å²) < 4.78 is 37.3. The van der Waals surface area contributed by atoms with Crippen LogP contribution in [0.5, 0.6) is 0 Å². The van der Waals surface area contributed by atoms with Crippen LogP contribution in [-0.4, -0.2) is 43.9 Å². The van der Waals surface area contributed by atoms with Gasteiger partial charge in [-0.15, -0.1) is 0 Å². The molecule has 1 aromatic carbocycles. The summed E-state index contributed by atoms with van der Waals surface area (Å²) in [6.07, 6.45) is 2.67. The summed E-state index contributed by atoms with van der Waals surface area (Å²) in [7, 11) is 0. The van der Waals surface area contributed by atoms with E-state index in [1.807, 2.05) is 13.1 Å². The summed E-state index contributed by atoms with van der Waals surface area (Å²) in [5.41, 5.74) is 7.07. The fourth-order valence-corrected chi connectivity index (χ4v) is 4.09. The van der Waals surface area contributed by atoms with Crippen LogP contribution in [0.4, 0.5) is 13.2 Å². The van der Waals surface area contributed by atoms with Gasteiger partial charge in [0.1, 0.15) is 0 Å². The van der Waals surface area contributed by atoms with E-state index in [9.17, 15) is 13.2 Å². The average Bonchev–Trinajstić information content (AvgIpc) is 3.46. The zero-order chi connectivity index (χ0) is 25.0. The molecule has 1 aliphatic heterocycles. The van der Waals surface area contributed by atoms with E-state index in [1.165, 1.54) is 27.6 Å². The molecule has 11 heteroatoms. The highest BCUT2D eigenvalue weighted by atomic mass is 19.4. The van der Waals surface area contributed by atoms with Crippen molar-refractivity contribution in [3.05, 3.63) is 64.9 Å². The van der Waals surface area contributed by atoms with Crippen LogP contribution < -0.4 is 5.32 Å². The zero-order valence-electron chi connectivity index (χ0n) is 18.9. The normalized spacial score (nSPS) is 13.3. The number of aliphatic carboxylic acids is 1. The van der Waals surface area contributed by atoms with Crippen LogP contribution in [0.3, 0.4) is 0 Å². The highest BCUT2D eigenvalue weighted by Gasteiger charge is 2.38. The Bertz CT molecular complexity index is 1330. The van der Waals surface area contributed by atoms with Gasteiger partial charge in [0.2, 0.25) is 11.7 Å². The molecule has 0 bridgehead atoms.